The zero-order valence-electron chi connectivity index (χ0n) is 57.3. The molecular formula is C70H131N9O13. The third-order valence-electron chi connectivity index (χ3n) is 22.1. The molecule has 0 radical (unpaired) electrons. The van der Waals surface area contributed by atoms with Crippen LogP contribution < -0.4 is 44.2 Å². The summed E-state index contributed by atoms with van der Waals surface area (Å²) in [6.07, 6.45) is 30.4. The van der Waals surface area contributed by atoms with E-state index in [2.05, 4.69) is 81.5 Å². The van der Waals surface area contributed by atoms with Gasteiger partial charge in [-0.3, -0.25) is 24.5 Å². The van der Waals surface area contributed by atoms with E-state index in [0.29, 0.717) is 43.1 Å². The Hall–Kier alpha value is -4.21. The molecule has 8 aliphatic carbocycles. The first-order chi connectivity index (χ1) is 42.4. The number of primary amides is 2. The minimum atomic E-state index is -0.918. The number of urea groups is 2. The minimum absolute atomic E-state index is 0. The van der Waals surface area contributed by atoms with E-state index in [1.54, 1.807) is 0 Å². The predicted octanol–water partition coefficient (Wildman–Crippen LogP) is 8.90. The second kappa shape index (κ2) is 38.5. The van der Waals surface area contributed by atoms with E-state index in [0.717, 1.165) is 197 Å². The zero-order chi connectivity index (χ0) is 68.5. The molecule has 7 amide bonds. The van der Waals surface area contributed by atoms with Crippen LogP contribution in [0.1, 0.15) is 281 Å². The normalized spacial score (nSPS) is 38.6. The molecule has 10 fully saturated rings. The highest BCUT2D eigenvalue weighted by Crippen LogP contribution is 2.38. The highest BCUT2D eigenvalue weighted by atomic mass is 16.4. The molecule has 0 aromatic carbocycles. The molecule has 19 N–H and O–H groups in total. The second-order valence-corrected chi connectivity index (χ2v) is 31.2. The topological polar surface area (TPSA) is 401 Å². The summed E-state index contributed by atoms with van der Waals surface area (Å²) < 4.78 is 0. The number of nitrogens with zero attached hydrogens (tertiary/aromatic N) is 1. The lowest BCUT2D eigenvalue weighted by atomic mass is 9.77. The highest BCUT2D eigenvalue weighted by Gasteiger charge is 2.48. The molecule has 0 unspecified atom stereocenters. The van der Waals surface area contributed by atoms with Crippen molar-refractivity contribution in [2.75, 3.05) is 26.3 Å². The first kappa shape index (κ1) is 83.9. The summed E-state index contributed by atoms with van der Waals surface area (Å²) in [5.74, 6) is 4.04. The van der Waals surface area contributed by atoms with E-state index >= 15 is 0 Å². The molecule has 2 heterocycles. The van der Waals surface area contributed by atoms with Gasteiger partial charge in [0.1, 0.15) is 11.1 Å². The van der Waals surface area contributed by atoms with E-state index < -0.39 is 45.4 Å². The average molecular weight is 1310 g/mol. The molecule has 10 aliphatic rings. The van der Waals surface area contributed by atoms with Crippen LogP contribution in [-0.4, -0.2) is 142 Å². The van der Waals surface area contributed by atoms with Crippen molar-refractivity contribution in [2.45, 2.75) is 326 Å². The lowest BCUT2D eigenvalue weighted by Gasteiger charge is -2.34. The van der Waals surface area contributed by atoms with Gasteiger partial charge in [0.2, 0.25) is 18.4 Å². The van der Waals surface area contributed by atoms with E-state index in [1.807, 2.05) is 0 Å². The molecule has 534 valence electrons. The summed E-state index contributed by atoms with van der Waals surface area (Å²) in [6, 6.07) is -0.316. The van der Waals surface area contributed by atoms with E-state index in [9.17, 15) is 49.2 Å². The van der Waals surface area contributed by atoms with Gasteiger partial charge in [0.25, 0.3) is 5.91 Å². The number of hydrogen-bond donors (Lipinski definition) is 15. The number of hydrogen-bond acceptors (Lipinski definition) is 14. The summed E-state index contributed by atoms with van der Waals surface area (Å²) in [4.78, 5) is 68.6. The van der Waals surface area contributed by atoms with Crippen molar-refractivity contribution in [3.63, 3.8) is 0 Å². The van der Waals surface area contributed by atoms with E-state index in [-0.39, 0.29) is 68.4 Å². The Bertz CT molecular complexity index is 2190. The Morgan fingerprint density at radius 3 is 1.12 bits per heavy atom. The molecule has 2 saturated heterocycles. The maximum atomic E-state index is 11.5. The van der Waals surface area contributed by atoms with Crippen LogP contribution in [0.5, 0.6) is 0 Å². The van der Waals surface area contributed by atoms with Crippen molar-refractivity contribution >= 4 is 35.8 Å². The number of nitrogens with two attached hydrogens (primary N) is 4. The number of carboxylic acids is 1. The highest BCUT2D eigenvalue weighted by molar-refractivity contribution is 6.07. The number of nitrogens with one attached hydrogen (secondary N) is 4. The third-order valence-corrected chi connectivity index (χ3v) is 22.1. The minimum Gasteiger partial charge on any atom is -0.481 e. The van der Waals surface area contributed by atoms with Crippen LogP contribution >= 0.6 is 0 Å². The molecule has 0 atom stereocenters. The monoisotopic (exact) mass is 1310 g/mol. The fraction of sp³-hybridized carbons (Fsp3) is 0.900. The largest absolute Gasteiger partial charge is 0.481 e. The molecule has 2 aliphatic heterocycles. The number of carbonyl (C=O) groups excluding carboxylic acids is 5. The molecule has 22 heteroatoms. The fourth-order valence-electron chi connectivity index (χ4n) is 14.0. The summed E-state index contributed by atoms with van der Waals surface area (Å²) in [5.41, 5.74) is 17.4. The van der Waals surface area contributed by atoms with Crippen LogP contribution in [0.25, 0.3) is 4.85 Å². The molecule has 2 spiro atoms. The molecule has 22 nitrogen and oxygen atoms in total. The van der Waals surface area contributed by atoms with Crippen molar-refractivity contribution in [1.82, 2.24) is 21.3 Å². The van der Waals surface area contributed by atoms with E-state index in [1.165, 1.54) is 25.7 Å². The third kappa shape index (κ3) is 29.8. The number of carboxylic acid groups (broad SMARTS) is 1. The van der Waals surface area contributed by atoms with Gasteiger partial charge in [0, 0.05) is 12.1 Å². The number of rotatable bonds is 8. The molecule has 0 aromatic rings. The van der Waals surface area contributed by atoms with Gasteiger partial charge in [-0.15, -0.1) is 0 Å². The van der Waals surface area contributed by atoms with Gasteiger partial charge in [-0.05, 0) is 253 Å². The number of carbonyl (C=O) groups is 6. The SMILES string of the molecule is C.CC1CCC(N)(C(N)=O)CC1.CC1CCC(N)(CO)CC1.CC1CCC(O)(CC(=O)O)CC1.CC1CCC(O)(CC(N)=O)CC1.CC1CCC(O)(CO)CC1.CC1CCC2(CC1)CNC(=O)N2.CC1CCC2(CC1)NC(=O)NC2=O.[C-]#[N+]CC1(O)CCC(C)CC1. The van der Waals surface area contributed by atoms with Gasteiger partial charge in [0.05, 0.1) is 53.9 Å². The summed E-state index contributed by atoms with van der Waals surface area (Å²) in [7, 11) is 0. The molecule has 92 heavy (non-hydrogen) atoms. The first-order valence-corrected chi connectivity index (χ1v) is 34.9. The number of aliphatic carboxylic acids is 1. The Kier molecular flexibility index (Phi) is 35.1. The van der Waals surface area contributed by atoms with Crippen molar-refractivity contribution in [1.29, 1.82) is 0 Å². The first-order valence-electron chi connectivity index (χ1n) is 34.9. The molecular weight excluding hydrogens is 1170 g/mol. The van der Waals surface area contributed by atoms with Crippen LogP contribution in [0.2, 0.25) is 0 Å². The Morgan fingerprint density at radius 1 is 0.478 bits per heavy atom. The molecule has 8 saturated carbocycles. The van der Waals surface area contributed by atoms with Crippen LogP contribution in [0, 0.1) is 53.9 Å². The second-order valence-electron chi connectivity index (χ2n) is 31.2. The predicted molar refractivity (Wildman–Crippen MR) is 361 cm³/mol. The fourth-order valence-corrected chi connectivity index (χ4v) is 14.0. The maximum Gasteiger partial charge on any atom is 0.322 e. The van der Waals surface area contributed by atoms with E-state index in [4.69, 9.17) is 44.8 Å². The quantitative estimate of drug-likeness (QED) is 0.0796. The number of imide groups is 1. The van der Waals surface area contributed by atoms with Crippen molar-refractivity contribution in [3.05, 3.63) is 11.4 Å². The number of amides is 7. The lowest BCUT2D eigenvalue weighted by molar-refractivity contribution is -0.144. The van der Waals surface area contributed by atoms with Crippen LogP contribution in [-0.2, 0) is 19.2 Å². The van der Waals surface area contributed by atoms with Gasteiger partial charge in [0.15, 0.2) is 0 Å². The maximum absolute atomic E-state index is 11.5. The van der Waals surface area contributed by atoms with Crippen LogP contribution in [0.4, 0.5) is 9.59 Å². The van der Waals surface area contributed by atoms with Crippen molar-refractivity contribution in [3.8, 4) is 0 Å². The smallest absolute Gasteiger partial charge is 0.322 e. The van der Waals surface area contributed by atoms with Gasteiger partial charge in [-0.1, -0.05) is 62.8 Å². The van der Waals surface area contributed by atoms with Crippen molar-refractivity contribution in [2.24, 2.45) is 70.3 Å². The number of aliphatic hydroxyl groups excluding tert-OH is 2. The van der Waals surface area contributed by atoms with Gasteiger partial charge < -0.3 is 79.5 Å². The van der Waals surface area contributed by atoms with Crippen molar-refractivity contribution < 1.29 is 64.5 Å². The van der Waals surface area contributed by atoms with Crippen LogP contribution in [0.15, 0.2) is 0 Å². The lowest BCUT2D eigenvalue weighted by Crippen LogP contribution is -2.53. The average Bonchev–Trinajstić information content (AvgIpc) is 3.07. The zero-order valence-corrected chi connectivity index (χ0v) is 57.3. The Morgan fingerprint density at radius 2 is 0.815 bits per heavy atom. The van der Waals surface area contributed by atoms with Crippen LogP contribution in [0.3, 0.4) is 0 Å². The standard InChI is InChI=1S/C9H14N2O2.C9H16N2O.C9H17NO2.C9H15NO.C9H16O3.C8H16N2O.C8H17NO.C8H16O2.CH4/c1-6-2-4-9(5-3-6)7(12)10-8(13)11-9;1-7-2-4-9(5-3-7)6-10-8(12)11-9;1-7-2-4-9(12,5-3-7)6-8(10)11;1-8-3-5-9(11,6-4-8)7-10-2;1-7-2-4-9(12,5-3-7)6-8(10)11;1-6-2-4-8(10,5-3-6)7(9)11;1-7-2-4-8(9,6-10)5-3-7;1-7-2-4-8(10,6-9)5-3-7;/h6H,2-5H2,1H3,(H2,10,11,12,13);7H,2-6H2,1H3,(H2,10,11,12);7,12H,2-6H2,1H3,(H2,10,11);8,11H,3-7H2,1H3;7,12H,2-6H2,1H3,(H,10,11);6H,2-5,10H2,1H3,(H2,9,11);7,10H,2-6,9H2,1H3;7,9-10H,2-6H2,1H3;1H4. The summed E-state index contributed by atoms with van der Waals surface area (Å²) >= 11 is 0. The van der Waals surface area contributed by atoms with Gasteiger partial charge in [-0.2, -0.15) is 0 Å². The molecule has 10 rings (SSSR count). The number of aliphatic hydroxyl groups is 6. The summed E-state index contributed by atoms with van der Waals surface area (Å²) in [6.45, 7) is 25.5. The summed E-state index contributed by atoms with van der Waals surface area (Å²) in [5, 5.41) is 76.1. The van der Waals surface area contributed by atoms with Gasteiger partial charge in [-0.25, -0.2) is 16.2 Å². The Labute approximate surface area is 553 Å². The Balaban J connectivity index is 0.000000358. The van der Waals surface area contributed by atoms with Gasteiger partial charge >= 0.3 is 18.0 Å². The molecule has 0 bridgehead atoms. The molecule has 0 aromatic heterocycles.